The molecule has 24 heavy (non-hydrogen) atoms. The third-order valence-corrected chi connectivity index (χ3v) is 4.93. The Labute approximate surface area is 147 Å². The van der Waals surface area contributed by atoms with Crippen molar-refractivity contribution in [1.29, 1.82) is 0 Å². The van der Waals surface area contributed by atoms with Crippen molar-refractivity contribution in [2.45, 2.75) is 24.8 Å². The zero-order valence-corrected chi connectivity index (χ0v) is 15.3. The average molecular weight is 366 g/mol. The molecule has 0 bridgehead atoms. The number of hydrogen-bond acceptors (Lipinski definition) is 3. The van der Waals surface area contributed by atoms with Gasteiger partial charge in [-0.15, -0.1) is 0 Å². The molecule has 0 aliphatic heterocycles. The van der Waals surface area contributed by atoms with Crippen LogP contribution >= 0.6 is 12.2 Å². The van der Waals surface area contributed by atoms with Gasteiger partial charge < -0.3 is 10.6 Å². The molecule has 0 amide bonds. The lowest BCUT2D eigenvalue weighted by molar-refractivity contribution is 0.601. The zero-order chi connectivity index (χ0) is 17.9. The standard InChI is InChI=1S/C17H19FN2O2S2/c1-11-4-7-14(10-16(11)18)20-17(23)19-12(2)13-5-8-15(9-6-13)24(3,21)22/h4-10,12H,1-3H3,(H2,19,20,23)/t12-/m1/s1. The summed E-state index contributed by atoms with van der Waals surface area (Å²) in [6.07, 6.45) is 1.17. The lowest BCUT2D eigenvalue weighted by Crippen LogP contribution is -2.30. The maximum Gasteiger partial charge on any atom is 0.175 e. The van der Waals surface area contributed by atoms with Crippen LogP contribution < -0.4 is 10.6 Å². The van der Waals surface area contributed by atoms with Crippen molar-refractivity contribution in [3.63, 3.8) is 0 Å². The van der Waals surface area contributed by atoms with Crippen molar-refractivity contribution in [3.05, 3.63) is 59.4 Å². The highest BCUT2D eigenvalue weighted by Gasteiger charge is 2.11. The van der Waals surface area contributed by atoms with Crippen molar-refractivity contribution in [3.8, 4) is 0 Å². The van der Waals surface area contributed by atoms with Gasteiger partial charge in [0.2, 0.25) is 0 Å². The lowest BCUT2D eigenvalue weighted by atomic mass is 10.1. The van der Waals surface area contributed by atoms with E-state index in [4.69, 9.17) is 12.2 Å². The molecule has 0 spiro atoms. The molecule has 2 rings (SSSR count). The quantitative estimate of drug-likeness (QED) is 0.810. The summed E-state index contributed by atoms with van der Waals surface area (Å²) in [6, 6.07) is 11.3. The van der Waals surface area contributed by atoms with E-state index in [9.17, 15) is 12.8 Å². The van der Waals surface area contributed by atoms with Gasteiger partial charge in [-0.2, -0.15) is 0 Å². The number of anilines is 1. The van der Waals surface area contributed by atoms with Crippen LogP contribution in [0.25, 0.3) is 0 Å². The number of hydrogen-bond donors (Lipinski definition) is 2. The fourth-order valence-corrected chi connectivity index (χ4v) is 3.05. The Morgan fingerprint density at radius 3 is 2.33 bits per heavy atom. The van der Waals surface area contributed by atoms with E-state index in [0.717, 1.165) is 5.56 Å². The molecule has 7 heteroatoms. The molecular formula is C17H19FN2O2S2. The van der Waals surface area contributed by atoms with E-state index in [1.807, 2.05) is 6.92 Å². The number of benzene rings is 2. The Bertz CT molecular complexity index is 849. The Morgan fingerprint density at radius 2 is 1.79 bits per heavy atom. The zero-order valence-electron chi connectivity index (χ0n) is 13.6. The van der Waals surface area contributed by atoms with E-state index < -0.39 is 9.84 Å². The van der Waals surface area contributed by atoms with Crippen LogP contribution in [0, 0.1) is 12.7 Å². The Kier molecular flexibility index (Phi) is 5.56. The van der Waals surface area contributed by atoms with Crippen LogP contribution in [0.4, 0.5) is 10.1 Å². The fourth-order valence-electron chi connectivity index (χ4n) is 2.12. The second-order valence-electron chi connectivity index (χ2n) is 5.63. The number of halogens is 1. The molecule has 2 aromatic rings. The third kappa shape index (κ3) is 4.75. The monoisotopic (exact) mass is 366 g/mol. The topological polar surface area (TPSA) is 58.2 Å². The van der Waals surface area contributed by atoms with Gasteiger partial charge in [-0.1, -0.05) is 18.2 Å². The predicted molar refractivity (Wildman–Crippen MR) is 98.5 cm³/mol. The van der Waals surface area contributed by atoms with Gasteiger partial charge in [-0.05, 0) is 61.5 Å². The smallest absolute Gasteiger partial charge is 0.175 e. The van der Waals surface area contributed by atoms with Crippen LogP contribution in [0.15, 0.2) is 47.4 Å². The second-order valence-corrected chi connectivity index (χ2v) is 8.05. The molecule has 1 atom stereocenters. The van der Waals surface area contributed by atoms with Gasteiger partial charge in [0.15, 0.2) is 14.9 Å². The van der Waals surface area contributed by atoms with Crippen LogP contribution in [0.5, 0.6) is 0 Å². The molecule has 0 fully saturated rings. The van der Waals surface area contributed by atoms with Gasteiger partial charge in [-0.25, -0.2) is 12.8 Å². The van der Waals surface area contributed by atoms with Crippen molar-refractivity contribution in [2.75, 3.05) is 11.6 Å². The summed E-state index contributed by atoms with van der Waals surface area (Å²) in [6.45, 7) is 3.59. The number of aryl methyl sites for hydroxylation is 1. The Hall–Kier alpha value is -1.99. The highest BCUT2D eigenvalue weighted by molar-refractivity contribution is 7.90. The first-order valence-electron chi connectivity index (χ1n) is 7.30. The highest BCUT2D eigenvalue weighted by atomic mass is 32.2. The summed E-state index contributed by atoms with van der Waals surface area (Å²) in [5, 5.41) is 6.38. The minimum atomic E-state index is -3.21. The molecule has 0 saturated carbocycles. The van der Waals surface area contributed by atoms with Gasteiger partial charge >= 0.3 is 0 Å². The van der Waals surface area contributed by atoms with Gasteiger partial charge in [0.25, 0.3) is 0 Å². The molecule has 0 heterocycles. The van der Waals surface area contributed by atoms with Crippen molar-refractivity contribution >= 4 is 32.9 Å². The van der Waals surface area contributed by atoms with E-state index in [-0.39, 0.29) is 16.8 Å². The predicted octanol–water partition coefficient (Wildman–Crippen LogP) is 3.59. The van der Waals surface area contributed by atoms with Crippen LogP contribution in [-0.2, 0) is 9.84 Å². The van der Waals surface area contributed by atoms with E-state index >= 15 is 0 Å². The summed E-state index contributed by atoms with van der Waals surface area (Å²) in [7, 11) is -3.21. The van der Waals surface area contributed by atoms with Crippen LogP contribution in [0.3, 0.4) is 0 Å². The minimum absolute atomic E-state index is 0.131. The van der Waals surface area contributed by atoms with Crippen LogP contribution in [0.2, 0.25) is 0 Å². The van der Waals surface area contributed by atoms with Crippen molar-refractivity contribution in [1.82, 2.24) is 5.32 Å². The number of rotatable bonds is 4. The molecule has 0 unspecified atom stereocenters. The maximum atomic E-state index is 13.5. The summed E-state index contributed by atoms with van der Waals surface area (Å²) < 4.78 is 36.5. The Balaban J connectivity index is 2.01. The van der Waals surface area contributed by atoms with Gasteiger partial charge in [0.1, 0.15) is 5.82 Å². The summed E-state index contributed by atoms with van der Waals surface area (Å²) in [5.41, 5.74) is 2.02. The number of sulfone groups is 1. The molecule has 0 saturated heterocycles. The molecule has 2 aromatic carbocycles. The van der Waals surface area contributed by atoms with Gasteiger partial charge in [0, 0.05) is 11.9 Å². The lowest BCUT2D eigenvalue weighted by Gasteiger charge is -2.18. The summed E-state index contributed by atoms with van der Waals surface area (Å²) in [5.74, 6) is -0.299. The normalized spacial score (nSPS) is 12.5. The minimum Gasteiger partial charge on any atom is -0.356 e. The third-order valence-electron chi connectivity index (χ3n) is 3.59. The first kappa shape index (κ1) is 18.4. The van der Waals surface area contributed by atoms with Crippen LogP contribution in [-0.4, -0.2) is 19.8 Å². The SMILES string of the molecule is Cc1ccc(NC(=S)N[C@H](C)c2ccc(S(C)(=O)=O)cc2)cc1F. The fraction of sp³-hybridized carbons (Fsp3) is 0.235. The molecule has 2 N–H and O–H groups in total. The van der Waals surface area contributed by atoms with Crippen molar-refractivity contribution < 1.29 is 12.8 Å². The molecular weight excluding hydrogens is 347 g/mol. The molecule has 4 nitrogen and oxygen atoms in total. The molecule has 0 aliphatic carbocycles. The van der Waals surface area contributed by atoms with Crippen LogP contribution in [0.1, 0.15) is 24.1 Å². The first-order valence-corrected chi connectivity index (χ1v) is 9.60. The maximum absolute atomic E-state index is 13.5. The molecule has 0 aromatic heterocycles. The largest absolute Gasteiger partial charge is 0.356 e. The summed E-state index contributed by atoms with van der Waals surface area (Å²) >= 11 is 5.23. The summed E-state index contributed by atoms with van der Waals surface area (Å²) in [4.78, 5) is 0.272. The number of nitrogens with one attached hydrogen (secondary N) is 2. The van der Waals surface area contributed by atoms with E-state index in [1.165, 1.54) is 12.3 Å². The van der Waals surface area contributed by atoms with Gasteiger partial charge in [0.05, 0.1) is 10.9 Å². The molecule has 0 radical (unpaired) electrons. The van der Waals surface area contributed by atoms with E-state index in [1.54, 1.807) is 43.3 Å². The number of thiocarbonyl (C=S) groups is 1. The highest BCUT2D eigenvalue weighted by Crippen LogP contribution is 2.17. The molecule has 128 valence electrons. The second kappa shape index (κ2) is 7.27. The van der Waals surface area contributed by atoms with Crippen molar-refractivity contribution in [2.24, 2.45) is 0 Å². The van der Waals surface area contributed by atoms with Gasteiger partial charge in [-0.3, -0.25) is 0 Å². The average Bonchev–Trinajstić information content (AvgIpc) is 2.50. The molecule has 0 aliphatic rings. The first-order chi connectivity index (χ1) is 11.2. The Morgan fingerprint density at radius 1 is 1.17 bits per heavy atom. The van der Waals surface area contributed by atoms with E-state index in [2.05, 4.69) is 10.6 Å². The van der Waals surface area contributed by atoms with E-state index in [0.29, 0.717) is 16.4 Å².